The van der Waals surface area contributed by atoms with Gasteiger partial charge >= 0.3 is 0 Å². The second kappa shape index (κ2) is 11.4. The molecule has 1 fully saturated rings. The molecule has 0 aromatic carbocycles. The first-order valence-corrected chi connectivity index (χ1v) is 5.61. The van der Waals surface area contributed by atoms with Gasteiger partial charge in [-0.25, -0.2) is 0 Å². The molecule has 4 nitrogen and oxygen atoms in total. The maximum absolute atomic E-state index is 9.00. The molecule has 0 bridgehead atoms. The average molecular weight is 448 g/mol. The molecule has 1 aliphatic rings. The number of carboxylic acids is 2. The minimum atomic E-state index is -0.833. The van der Waals surface area contributed by atoms with Gasteiger partial charge in [0, 0.05) is 34.0 Å². The Morgan fingerprint density at radius 2 is 0.684 bits per heavy atom. The van der Waals surface area contributed by atoms with Crippen LogP contribution in [0.3, 0.4) is 0 Å². The van der Waals surface area contributed by atoms with E-state index in [9.17, 15) is 0 Å². The summed E-state index contributed by atoms with van der Waals surface area (Å²) in [7, 11) is 0. The molecule has 1 rings (SSSR count). The van der Waals surface area contributed by atoms with E-state index in [-0.39, 0.29) is 20.1 Å². The minimum Gasteiger partial charge on any atom is -0.481 e. The number of rotatable bonds is 0. The fourth-order valence-corrected chi connectivity index (χ4v) is 1.41. The van der Waals surface area contributed by atoms with Crippen LogP contribution in [0.25, 0.3) is 0 Å². The topological polar surface area (TPSA) is 74.6 Å². The number of hydrogen-bond donors (Lipinski definition) is 2. The van der Waals surface area contributed by atoms with Gasteiger partial charge in [0.15, 0.2) is 0 Å². The van der Waals surface area contributed by atoms with Gasteiger partial charge in [-0.3, -0.25) is 9.59 Å². The van der Waals surface area contributed by atoms with Gasteiger partial charge in [0.2, 0.25) is 0 Å². The van der Waals surface area contributed by atoms with Crippen molar-refractivity contribution in [3.8, 4) is 0 Å². The summed E-state index contributed by atoms with van der Waals surface area (Å²) in [6, 6.07) is 0. The molecule has 19 heavy (non-hydrogen) atoms. The first-order chi connectivity index (χ1) is 8.02. The Bertz CT molecular complexity index is 203. The van der Waals surface area contributed by atoms with E-state index >= 15 is 0 Å². The average Bonchev–Trinajstić information content (AvgIpc) is 2.35. The molecule has 5 heteroatoms. The van der Waals surface area contributed by atoms with E-state index in [0.717, 1.165) is 13.8 Å². The molecule has 0 aromatic heterocycles. The van der Waals surface area contributed by atoms with Crippen molar-refractivity contribution in [3.63, 3.8) is 0 Å². The SMILES string of the molecule is CC(=O)O.CC(=O)O.C[C]1[C](C)[C](C)[C](C)[C]1C.[Ir]. The van der Waals surface area contributed by atoms with Crippen molar-refractivity contribution in [2.75, 3.05) is 0 Å². The van der Waals surface area contributed by atoms with Crippen molar-refractivity contribution in [1.82, 2.24) is 0 Å². The van der Waals surface area contributed by atoms with Crippen LogP contribution in [-0.2, 0) is 29.7 Å². The third-order valence-electron chi connectivity index (χ3n) is 2.81. The van der Waals surface area contributed by atoms with Crippen LogP contribution in [0.15, 0.2) is 0 Å². The van der Waals surface area contributed by atoms with Crippen molar-refractivity contribution >= 4 is 11.9 Å². The van der Waals surface area contributed by atoms with E-state index in [4.69, 9.17) is 19.8 Å². The van der Waals surface area contributed by atoms with Gasteiger partial charge in [-0.15, -0.1) is 0 Å². The monoisotopic (exact) mass is 448 g/mol. The summed E-state index contributed by atoms with van der Waals surface area (Å²) in [6.07, 6.45) is 0. The van der Waals surface area contributed by atoms with Crippen molar-refractivity contribution in [1.29, 1.82) is 0 Å². The van der Waals surface area contributed by atoms with E-state index in [1.807, 2.05) is 0 Å². The molecule has 1 saturated carbocycles. The number of hydrogen-bond acceptors (Lipinski definition) is 2. The molecule has 0 unspecified atom stereocenters. The first-order valence-electron chi connectivity index (χ1n) is 5.61. The molecule has 6 radical (unpaired) electrons. The summed E-state index contributed by atoms with van der Waals surface area (Å²) in [5.74, 6) is 5.67. The zero-order valence-corrected chi connectivity index (χ0v) is 14.9. The maximum atomic E-state index is 9.00. The number of carbonyl (C=O) groups is 2. The van der Waals surface area contributed by atoms with E-state index in [1.165, 1.54) is 29.6 Å². The summed E-state index contributed by atoms with van der Waals surface area (Å²) in [4.78, 5) is 18.0. The summed E-state index contributed by atoms with van der Waals surface area (Å²) in [5.41, 5.74) is 0. The van der Waals surface area contributed by atoms with E-state index in [0.29, 0.717) is 0 Å². The Morgan fingerprint density at radius 3 is 0.737 bits per heavy atom. The van der Waals surface area contributed by atoms with E-state index in [1.54, 1.807) is 0 Å². The van der Waals surface area contributed by atoms with Crippen LogP contribution in [0.5, 0.6) is 0 Å². The van der Waals surface area contributed by atoms with Crippen LogP contribution in [0, 0.1) is 29.6 Å². The predicted octanol–water partition coefficient (Wildman–Crippen LogP) is 3.15. The quantitative estimate of drug-likeness (QED) is 0.598. The fourth-order valence-electron chi connectivity index (χ4n) is 1.41. The van der Waals surface area contributed by atoms with Crippen molar-refractivity contribution in [3.05, 3.63) is 29.6 Å². The summed E-state index contributed by atoms with van der Waals surface area (Å²) < 4.78 is 0. The Balaban J connectivity index is -0.000000242. The van der Waals surface area contributed by atoms with Gasteiger partial charge in [0.1, 0.15) is 0 Å². The number of aliphatic carboxylic acids is 2. The Kier molecular flexibility index (Phi) is 14.2. The number of carboxylic acid groups (broad SMARTS) is 2. The predicted molar refractivity (Wildman–Crippen MR) is 71.2 cm³/mol. The summed E-state index contributed by atoms with van der Waals surface area (Å²) in [6.45, 7) is 13.2. The Morgan fingerprint density at radius 1 is 0.632 bits per heavy atom. The molecule has 0 aromatic rings. The normalized spacial score (nSPS) is 17.6. The second-order valence-corrected chi connectivity index (χ2v) is 4.16. The van der Waals surface area contributed by atoms with Gasteiger partial charge in [-0.05, 0) is 29.6 Å². The molecule has 1 aliphatic carbocycles. The van der Waals surface area contributed by atoms with Crippen LogP contribution < -0.4 is 0 Å². The van der Waals surface area contributed by atoms with E-state index in [2.05, 4.69) is 34.6 Å². The molecule has 2 N–H and O–H groups in total. The first kappa shape index (κ1) is 23.7. The summed E-state index contributed by atoms with van der Waals surface area (Å²) in [5, 5.41) is 14.8. The molecular formula is C14H23IrO4. The Labute approximate surface area is 130 Å². The molecule has 0 spiro atoms. The van der Waals surface area contributed by atoms with Crippen LogP contribution in [-0.4, -0.2) is 22.2 Å². The smallest absolute Gasteiger partial charge is 0.300 e. The minimum absolute atomic E-state index is 0. The zero-order chi connectivity index (χ0) is 15.0. The zero-order valence-electron chi connectivity index (χ0n) is 12.5. The van der Waals surface area contributed by atoms with Gasteiger partial charge in [0.25, 0.3) is 11.9 Å². The van der Waals surface area contributed by atoms with E-state index < -0.39 is 11.9 Å². The fraction of sp³-hybridized carbons (Fsp3) is 0.500. The molecule has 0 atom stereocenters. The second-order valence-electron chi connectivity index (χ2n) is 4.16. The van der Waals surface area contributed by atoms with Crippen LogP contribution >= 0.6 is 0 Å². The van der Waals surface area contributed by atoms with Gasteiger partial charge in [-0.2, -0.15) is 0 Å². The third-order valence-corrected chi connectivity index (χ3v) is 2.81. The van der Waals surface area contributed by atoms with Crippen molar-refractivity contribution in [2.24, 2.45) is 0 Å². The van der Waals surface area contributed by atoms with Gasteiger partial charge in [0.05, 0.1) is 0 Å². The van der Waals surface area contributed by atoms with Gasteiger partial charge in [-0.1, -0.05) is 34.6 Å². The van der Waals surface area contributed by atoms with Gasteiger partial charge < -0.3 is 10.2 Å². The molecule has 0 aliphatic heterocycles. The van der Waals surface area contributed by atoms with Crippen LogP contribution in [0.2, 0.25) is 0 Å². The van der Waals surface area contributed by atoms with Crippen molar-refractivity contribution < 1.29 is 39.9 Å². The molecule has 0 amide bonds. The summed E-state index contributed by atoms with van der Waals surface area (Å²) >= 11 is 0. The molecule has 0 saturated heterocycles. The molecule has 0 heterocycles. The third kappa shape index (κ3) is 11.1. The van der Waals surface area contributed by atoms with Crippen molar-refractivity contribution in [2.45, 2.75) is 48.5 Å². The molecular weight excluding hydrogens is 424 g/mol. The largest absolute Gasteiger partial charge is 0.481 e. The maximum Gasteiger partial charge on any atom is 0.300 e. The van der Waals surface area contributed by atoms with Crippen LogP contribution in [0.1, 0.15) is 48.5 Å². The standard InChI is InChI=1S/C10H15.2C2H4O2.Ir/c1-6-7(2)9(4)10(5)8(6)3;2*1-2(3)4;/h1-5H3;2*1H3,(H,3,4);. The Hall–Kier alpha value is -0.411. The molecule has 112 valence electrons. The van der Waals surface area contributed by atoms with Crippen LogP contribution in [0.4, 0.5) is 0 Å².